The lowest BCUT2D eigenvalue weighted by molar-refractivity contribution is -0.124. The molecule has 0 aromatic heterocycles. The van der Waals surface area contributed by atoms with Crippen molar-refractivity contribution < 1.29 is 14.4 Å². The summed E-state index contributed by atoms with van der Waals surface area (Å²) in [7, 11) is 0. The standard InChI is InChI=1S/C25H21N3O3S/c1-17-8-7-11-19(14-17)28-23(30)16-32-25(28)20-12-5-6-13-21(20)27(24(25)31)15-22(29)26-18-9-3-2-4-10-18/h2-14H,15-16H2,1H3,(H,26,29)/t25-/m0/s1. The van der Waals surface area contributed by atoms with E-state index in [0.717, 1.165) is 11.1 Å². The van der Waals surface area contributed by atoms with Crippen molar-refractivity contribution in [3.63, 3.8) is 0 Å². The zero-order valence-corrected chi connectivity index (χ0v) is 18.3. The molecule has 0 unspecified atom stereocenters. The van der Waals surface area contributed by atoms with E-state index in [9.17, 15) is 14.4 Å². The Morgan fingerprint density at radius 2 is 1.75 bits per heavy atom. The number of hydrogen-bond donors (Lipinski definition) is 1. The maximum absolute atomic E-state index is 13.9. The molecule has 0 aliphatic carbocycles. The molecule has 2 aliphatic rings. The minimum atomic E-state index is -1.21. The van der Waals surface area contributed by atoms with Gasteiger partial charge in [-0.3, -0.25) is 24.2 Å². The number of carbonyl (C=O) groups excluding carboxylic acids is 3. The second kappa shape index (κ2) is 7.84. The monoisotopic (exact) mass is 443 g/mol. The summed E-state index contributed by atoms with van der Waals surface area (Å²) in [4.78, 5) is 41.6. The van der Waals surface area contributed by atoms with Gasteiger partial charge in [0.1, 0.15) is 6.54 Å². The average molecular weight is 444 g/mol. The van der Waals surface area contributed by atoms with E-state index < -0.39 is 4.87 Å². The Morgan fingerprint density at radius 1 is 1.00 bits per heavy atom. The van der Waals surface area contributed by atoms with Gasteiger partial charge in [-0.1, -0.05) is 48.5 Å². The van der Waals surface area contributed by atoms with Gasteiger partial charge < -0.3 is 5.32 Å². The number of hydrogen-bond acceptors (Lipinski definition) is 4. The van der Waals surface area contributed by atoms with Crippen LogP contribution in [0.3, 0.4) is 0 Å². The highest BCUT2D eigenvalue weighted by Crippen LogP contribution is 2.55. The molecule has 3 amide bonds. The Morgan fingerprint density at radius 3 is 2.53 bits per heavy atom. The van der Waals surface area contributed by atoms with Crippen LogP contribution in [0, 0.1) is 6.92 Å². The van der Waals surface area contributed by atoms with Crippen molar-refractivity contribution in [1.82, 2.24) is 0 Å². The second-order valence-electron chi connectivity index (χ2n) is 7.82. The van der Waals surface area contributed by atoms with Gasteiger partial charge >= 0.3 is 0 Å². The van der Waals surface area contributed by atoms with Crippen LogP contribution in [0.25, 0.3) is 0 Å². The van der Waals surface area contributed by atoms with Gasteiger partial charge in [0.15, 0.2) is 0 Å². The Balaban J connectivity index is 1.54. The summed E-state index contributed by atoms with van der Waals surface area (Å²) in [6.07, 6.45) is 0. The van der Waals surface area contributed by atoms with Gasteiger partial charge in [-0.2, -0.15) is 0 Å². The number of aryl methyl sites for hydroxylation is 1. The van der Waals surface area contributed by atoms with Crippen LogP contribution < -0.4 is 15.1 Å². The Kier molecular flexibility index (Phi) is 4.98. The molecule has 2 aliphatic heterocycles. The van der Waals surface area contributed by atoms with Crippen molar-refractivity contribution in [2.75, 3.05) is 27.4 Å². The van der Waals surface area contributed by atoms with Crippen LogP contribution in [-0.4, -0.2) is 30.0 Å². The van der Waals surface area contributed by atoms with E-state index >= 15 is 0 Å². The molecular formula is C25H21N3O3S. The third-order valence-electron chi connectivity index (χ3n) is 5.68. The van der Waals surface area contributed by atoms with Crippen LogP contribution in [0.5, 0.6) is 0 Å². The van der Waals surface area contributed by atoms with Crippen molar-refractivity contribution in [2.45, 2.75) is 11.8 Å². The van der Waals surface area contributed by atoms with Crippen molar-refractivity contribution in [3.8, 4) is 0 Å². The summed E-state index contributed by atoms with van der Waals surface area (Å²) >= 11 is 1.31. The lowest BCUT2D eigenvalue weighted by Gasteiger charge is -2.33. The summed E-state index contributed by atoms with van der Waals surface area (Å²) in [5.74, 6) is -0.510. The van der Waals surface area contributed by atoms with Gasteiger partial charge in [0, 0.05) is 16.9 Å². The largest absolute Gasteiger partial charge is 0.325 e. The first-order chi connectivity index (χ1) is 15.5. The fourth-order valence-electron chi connectivity index (χ4n) is 4.35. The summed E-state index contributed by atoms with van der Waals surface area (Å²) in [5.41, 5.74) is 3.73. The number of thioether (sulfide) groups is 1. The number of fused-ring (bicyclic) bond motifs is 2. The fraction of sp³-hybridized carbons (Fsp3) is 0.160. The summed E-state index contributed by atoms with van der Waals surface area (Å²) in [6, 6.07) is 24.1. The van der Waals surface area contributed by atoms with E-state index in [1.165, 1.54) is 16.7 Å². The third-order valence-corrected chi connectivity index (χ3v) is 7.07. The second-order valence-corrected chi connectivity index (χ2v) is 8.99. The molecule has 0 radical (unpaired) electrons. The SMILES string of the molecule is Cc1cccc(N2C(=O)CS[C@@]23C(=O)N(CC(=O)Nc2ccccc2)c2ccccc23)c1. The van der Waals surface area contributed by atoms with Crippen LogP contribution in [0.15, 0.2) is 78.9 Å². The van der Waals surface area contributed by atoms with Crippen LogP contribution in [0.2, 0.25) is 0 Å². The van der Waals surface area contributed by atoms with E-state index in [4.69, 9.17) is 0 Å². The zero-order valence-electron chi connectivity index (χ0n) is 17.4. The van der Waals surface area contributed by atoms with Gasteiger partial charge in [-0.05, 0) is 42.8 Å². The lowest BCUT2D eigenvalue weighted by Crippen LogP contribution is -2.50. The number of carbonyl (C=O) groups is 3. The van der Waals surface area contributed by atoms with E-state index in [0.29, 0.717) is 17.1 Å². The number of nitrogens with zero attached hydrogens (tertiary/aromatic N) is 2. The molecule has 7 heteroatoms. The highest BCUT2D eigenvalue weighted by atomic mass is 32.2. The minimum Gasteiger partial charge on any atom is -0.325 e. The van der Waals surface area contributed by atoms with Gasteiger partial charge in [0.25, 0.3) is 5.91 Å². The fourth-order valence-corrected chi connectivity index (χ4v) is 5.70. The topological polar surface area (TPSA) is 69.7 Å². The quantitative estimate of drug-likeness (QED) is 0.664. The molecule has 0 saturated carbocycles. The Hall–Kier alpha value is -3.58. The first-order valence-corrected chi connectivity index (χ1v) is 11.3. The van der Waals surface area contributed by atoms with Crippen molar-refractivity contribution in [1.29, 1.82) is 0 Å². The van der Waals surface area contributed by atoms with E-state index in [1.807, 2.05) is 73.7 Å². The molecule has 1 N–H and O–H groups in total. The highest BCUT2D eigenvalue weighted by molar-refractivity contribution is 8.02. The average Bonchev–Trinajstić information content (AvgIpc) is 3.25. The maximum Gasteiger partial charge on any atom is 0.269 e. The maximum atomic E-state index is 13.9. The Bertz CT molecular complexity index is 1230. The van der Waals surface area contributed by atoms with Crippen molar-refractivity contribution in [2.24, 2.45) is 0 Å². The molecule has 0 bridgehead atoms. The van der Waals surface area contributed by atoms with E-state index in [-0.39, 0.29) is 30.0 Å². The Labute approximate surface area is 190 Å². The molecule has 3 aromatic carbocycles. The van der Waals surface area contributed by atoms with Crippen LogP contribution >= 0.6 is 11.8 Å². The lowest BCUT2D eigenvalue weighted by atomic mass is 10.0. The molecule has 1 fully saturated rings. The number of amides is 3. The third kappa shape index (κ3) is 3.17. The number of anilines is 3. The summed E-state index contributed by atoms with van der Waals surface area (Å²) in [5, 5.41) is 2.84. The first kappa shape index (κ1) is 20.3. The predicted molar refractivity (Wildman–Crippen MR) is 127 cm³/mol. The van der Waals surface area contributed by atoms with E-state index in [2.05, 4.69) is 5.32 Å². The molecule has 160 valence electrons. The molecule has 3 aromatic rings. The van der Waals surface area contributed by atoms with E-state index in [1.54, 1.807) is 17.0 Å². The minimum absolute atomic E-state index is 0.126. The van der Waals surface area contributed by atoms with Crippen LogP contribution in [0.4, 0.5) is 17.1 Å². The smallest absolute Gasteiger partial charge is 0.269 e. The van der Waals surface area contributed by atoms with Crippen molar-refractivity contribution >= 4 is 46.5 Å². The molecule has 32 heavy (non-hydrogen) atoms. The molecule has 5 rings (SSSR count). The molecule has 2 heterocycles. The first-order valence-electron chi connectivity index (χ1n) is 10.3. The summed E-state index contributed by atoms with van der Waals surface area (Å²) < 4.78 is 0. The molecule has 1 atom stereocenters. The number of nitrogens with one attached hydrogen (secondary N) is 1. The predicted octanol–water partition coefficient (Wildman–Crippen LogP) is 3.91. The molecular weight excluding hydrogens is 422 g/mol. The van der Waals surface area contributed by atoms with Gasteiger partial charge in [-0.15, -0.1) is 11.8 Å². The van der Waals surface area contributed by atoms with Gasteiger partial charge in [0.05, 0.1) is 11.4 Å². The molecule has 1 saturated heterocycles. The summed E-state index contributed by atoms with van der Waals surface area (Å²) in [6.45, 7) is 1.82. The molecule has 6 nitrogen and oxygen atoms in total. The van der Waals surface area contributed by atoms with Gasteiger partial charge in [-0.25, -0.2) is 0 Å². The molecule has 1 spiro atoms. The van der Waals surface area contributed by atoms with Crippen molar-refractivity contribution in [3.05, 3.63) is 90.0 Å². The number of para-hydroxylation sites is 2. The van der Waals surface area contributed by atoms with Gasteiger partial charge in [0.2, 0.25) is 16.7 Å². The van der Waals surface area contributed by atoms with Crippen LogP contribution in [-0.2, 0) is 19.3 Å². The zero-order chi connectivity index (χ0) is 22.3. The highest BCUT2D eigenvalue weighted by Gasteiger charge is 2.61. The number of benzene rings is 3. The number of rotatable bonds is 4. The van der Waals surface area contributed by atoms with Crippen LogP contribution in [0.1, 0.15) is 11.1 Å². The normalized spacial score (nSPS) is 19.5.